The molecule has 0 aliphatic rings. The summed E-state index contributed by atoms with van der Waals surface area (Å²) in [6.45, 7) is 0.0339. The molecule has 0 fully saturated rings. The average Bonchev–Trinajstić information content (AvgIpc) is 3.71. The van der Waals surface area contributed by atoms with Crippen LogP contribution in [-0.4, -0.2) is 98.9 Å². The highest BCUT2D eigenvalue weighted by Gasteiger charge is 2.26. The number of carbonyl (C=O) groups is 6. The van der Waals surface area contributed by atoms with Gasteiger partial charge in [-0.2, -0.15) is 5.90 Å². The van der Waals surface area contributed by atoms with Gasteiger partial charge >= 0.3 is 29.9 Å². The molecule has 9 N–H and O–H groups in total. The van der Waals surface area contributed by atoms with Crippen LogP contribution in [0, 0.1) is 0 Å². The molecule has 3 amide bonds. The molecule has 282 valence electrons. The quantitative estimate of drug-likeness (QED) is 0.0273. The first-order valence-electron chi connectivity index (χ1n) is 15.6. The maximum absolute atomic E-state index is 13.0. The summed E-state index contributed by atoms with van der Waals surface area (Å²) >= 11 is 0.812. The van der Waals surface area contributed by atoms with Crippen molar-refractivity contribution in [3.8, 4) is 0 Å². The maximum Gasteiger partial charge on any atom is 0.326 e. The Morgan fingerprint density at radius 1 is 0.808 bits per heavy atom. The van der Waals surface area contributed by atoms with E-state index in [1.54, 1.807) is 12.1 Å². The van der Waals surface area contributed by atoms with Crippen LogP contribution in [0.2, 0.25) is 0 Å². The molecule has 2 heterocycles. The van der Waals surface area contributed by atoms with Gasteiger partial charge in [-0.1, -0.05) is 0 Å². The van der Waals surface area contributed by atoms with Crippen LogP contribution < -0.4 is 21.8 Å². The van der Waals surface area contributed by atoms with Crippen molar-refractivity contribution in [3.05, 3.63) is 60.7 Å². The number of amides is 3. The molecular weight excluding hydrogens is 710 g/mol. The number of benzene rings is 1. The minimum atomic E-state index is -1.37. The molecule has 0 aliphatic heterocycles. The van der Waals surface area contributed by atoms with Crippen molar-refractivity contribution in [1.29, 1.82) is 0 Å². The van der Waals surface area contributed by atoms with Crippen molar-refractivity contribution in [1.82, 2.24) is 34.6 Å². The molecule has 0 aliphatic carbocycles. The number of urea groups is 1. The second kappa shape index (κ2) is 21.0. The first kappa shape index (κ1) is 40.9. The normalized spacial score (nSPS) is 12.2. The van der Waals surface area contributed by atoms with Gasteiger partial charge in [0.2, 0.25) is 5.91 Å². The van der Waals surface area contributed by atoms with Crippen molar-refractivity contribution in [2.24, 2.45) is 5.90 Å². The molecule has 0 radical (unpaired) electrons. The zero-order valence-corrected chi connectivity index (χ0v) is 28.4. The van der Waals surface area contributed by atoms with Gasteiger partial charge in [-0.25, -0.2) is 19.6 Å². The Hall–Kier alpha value is -5.55. The van der Waals surface area contributed by atoms with Crippen molar-refractivity contribution >= 4 is 53.5 Å². The smallest absolute Gasteiger partial charge is 0.326 e. The molecule has 1 aromatic carbocycles. The Morgan fingerprint density at radius 2 is 1.38 bits per heavy atom. The Kier molecular flexibility index (Phi) is 16.5. The van der Waals surface area contributed by atoms with Gasteiger partial charge in [-0.05, 0) is 56.5 Å². The number of imidazole rings is 2. The summed E-state index contributed by atoms with van der Waals surface area (Å²) in [6.07, 6.45) is 5.88. The van der Waals surface area contributed by atoms with Gasteiger partial charge in [0.1, 0.15) is 36.8 Å². The first-order valence-corrected chi connectivity index (χ1v) is 16.4. The molecular formula is C30H39N9O12S. The zero-order chi connectivity index (χ0) is 38.0. The van der Waals surface area contributed by atoms with Gasteiger partial charge in [-0.3, -0.25) is 24.1 Å². The summed E-state index contributed by atoms with van der Waals surface area (Å²) in [4.78, 5) is 86.7. The Morgan fingerprint density at radius 3 is 1.90 bits per heavy atom. The van der Waals surface area contributed by atoms with Gasteiger partial charge in [0.15, 0.2) is 0 Å². The fourth-order valence-corrected chi connectivity index (χ4v) is 5.26. The lowest BCUT2D eigenvalue weighted by molar-refractivity contribution is -0.195. The van der Waals surface area contributed by atoms with E-state index in [1.165, 1.54) is 46.1 Å². The fraction of sp³-hybridized carbons (Fsp3) is 0.400. The van der Waals surface area contributed by atoms with Crippen molar-refractivity contribution < 1.29 is 58.5 Å². The third kappa shape index (κ3) is 14.4. The second-order valence-electron chi connectivity index (χ2n) is 11.2. The highest BCUT2D eigenvalue weighted by molar-refractivity contribution is 7.94. The number of unbranched alkanes of at least 4 members (excludes halogenated alkanes) is 1. The zero-order valence-electron chi connectivity index (χ0n) is 27.6. The molecule has 0 saturated heterocycles. The standard InChI is InChI=1S/C30H39N9O12S/c31-50-51-52-20-6-4-19(5-7-20)34-28(46)21(8-9-25(40)41)35-30(49)36-22(29(47)48)3-1-2-12-37(15-23-32-10-13-38(23)17-26(42)43)16-24-33-11-14-39(24)18-27(44)45/h4-7,10-11,13-14,21-22H,1-3,8-9,12,15-18,31H2,(H,34,46)(H,40,41)(H,42,43)(H,44,45)(H,47,48)(H2,35,36,49)/t21-,22-/m0/s1. The molecule has 2 atom stereocenters. The van der Waals surface area contributed by atoms with Gasteiger partial charge in [0, 0.05) is 41.8 Å². The Bertz CT molecular complexity index is 1610. The lowest BCUT2D eigenvalue weighted by Gasteiger charge is -2.23. The van der Waals surface area contributed by atoms with Crippen LogP contribution in [0.3, 0.4) is 0 Å². The van der Waals surface area contributed by atoms with Crippen LogP contribution in [0.1, 0.15) is 43.8 Å². The van der Waals surface area contributed by atoms with Crippen LogP contribution in [0.15, 0.2) is 53.9 Å². The third-order valence-corrected chi connectivity index (χ3v) is 7.94. The number of nitrogens with one attached hydrogen (secondary N) is 3. The molecule has 21 nitrogen and oxygen atoms in total. The molecule has 0 saturated carbocycles. The number of hydrogen-bond acceptors (Lipinski definition) is 13. The lowest BCUT2D eigenvalue weighted by Crippen LogP contribution is -2.52. The second-order valence-corrected chi connectivity index (χ2v) is 12.0. The van der Waals surface area contributed by atoms with Gasteiger partial charge < -0.3 is 45.5 Å². The van der Waals surface area contributed by atoms with Gasteiger partial charge in [0.05, 0.1) is 25.1 Å². The summed E-state index contributed by atoms with van der Waals surface area (Å²) in [7, 11) is 0. The Labute approximate surface area is 300 Å². The number of aliphatic carboxylic acids is 4. The summed E-state index contributed by atoms with van der Waals surface area (Å²) in [5, 5.41) is 44.7. The number of carboxylic acids is 4. The van der Waals surface area contributed by atoms with Crippen molar-refractivity contribution in [2.75, 3.05) is 11.9 Å². The molecule has 52 heavy (non-hydrogen) atoms. The predicted molar refractivity (Wildman–Crippen MR) is 179 cm³/mol. The van der Waals surface area contributed by atoms with Crippen LogP contribution in [0.25, 0.3) is 0 Å². The largest absolute Gasteiger partial charge is 0.481 e. The van der Waals surface area contributed by atoms with E-state index in [0.29, 0.717) is 41.6 Å². The van der Waals surface area contributed by atoms with Crippen molar-refractivity contribution in [3.63, 3.8) is 0 Å². The molecule has 22 heteroatoms. The van der Waals surface area contributed by atoms with E-state index in [-0.39, 0.29) is 39.0 Å². The van der Waals surface area contributed by atoms with Crippen LogP contribution in [0.5, 0.6) is 0 Å². The summed E-state index contributed by atoms with van der Waals surface area (Å²) in [6, 6.07) is 2.49. The number of hydrogen-bond donors (Lipinski definition) is 8. The first-order chi connectivity index (χ1) is 24.8. The molecule has 0 bridgehead atoms. The Balaban J connectivity index is 1.61. The fourth-order valence-electron chi connectivity index (χ4n) is 4.89. The van der Waals surface area contributed by atoms with E-state index in [2.05, 4.69) is 35.2 Å². The predicted octanol–water partition coefficient (Wildman–Crippen LogP) is 0.875. The number of rotatable bonds is 24. The average molecular weight is 750 g/mol. The van der Waals surface area contributed by atoms with Gasteiger partial charge in [0.25, 0.3) is 0 Å². The third-order valence-electron chi connectivity index (χ3n) is 7.33. The molecule has 0 spiro atoms. The minimum Gasteiger partial charge on any atom is -0.481 e. The van der Waals surface area contributed by atoms with Gasteiger partial charge in [-0.15, -0.1) is 9.32 Å². The van der Waals surface area contributed by atoms with E-state index in [4.69, 9.17) is 11.0 Å². The number of carboxylic acid groups (broad SMARTS) is 4. The molecule has 0 unspecified atom stereocenters. The van der Waals surface area contributed by atoms with E-state index in [9.17, 15) is 44.1 Å². The number of nitrogens with two attached hydrogens (primary N) is 1. The summed E-state index contributed by atoms with van der Waals surface area (Å²) < 4.78 is 7.46. The van der Waals surface area contributed by atoms with E-state index < -0.39 is 54.3 Å². The topological polar surface area (TPSA) is 303 Å². The summed E-state index contributed by atoms with van der Waals surface area (Å²) in [5.41, 5.74) is 0.319. The highest BCUT2D eigenvalue weighted by Crippen LogP contribution is 2.21. The summed E-state index contributed by atoms with van der Waals surface area (Å²) in [5.74, 6) is 0.254. The minimum absolute atomic E-state index is 0.0207. The van der Waals surface area contributed by atoms with Crippen molar-refractivity contribution in [2.45, 2.75) is 75.3 Å². The van der Waals surface area contributed by atoms with Crippen LogP contribution in [-0.2, 0) is 59.5 Å². The highest BCUT2D eigenvalue weighted by atomic mass is 32.2. The molecule has 3 aromatic rings. The SMILES string of the molecule is NOOSc1ccc(NC(=O)[C@H](CCC(=O)O)NC(=O)N[C@@H](CCCCN(Cc2nccn2CC(=O)O)Cc2nccn2CC(=O)O)C(=O)O)cc1. The number of anilines is 1. The maximum atomic E-state index is 13.0. The number of carbonyl (C=O) groups excluding carboxylic acids is 2. The lowest BCUT2D eigenvalue weighted by atomic mass is 10.1. The number of aromatic nitrogens is 4. The number of nitrogens with zero attached hydrogens (tertiary/aromatic N) is 5. The van der Waals surface area contributed by atoms with E-state index in [0.717, 1.165) is 12.0 Å². The van der Waals surface area contributed by atoms with Crippen LogP contribution in [0.4, 0.5) is 10.5 Å². The molecule has 2 aromatic heterocycles. The monoisotopic (exact) mass is 749 g/mol. The molecule has 3 rings (SSSR count). The van der Waals surface area contributed by atoms with E-state index >= 15 is 0 Å². The van der Waals surface area contributed by atoms with Crippen LogP contribution >= 0.6 is 12.0 Å². The van der Waals surface area contributed by atoms with E-state index in [1.807, 2.05) is 4.90 Å².